The highest BCUT2D eigenvalue weighted by Gasteiger charge is 2.06. The molecule has 0 aromatic heterocycles. The van der Waals surface area contributed by atoms with E-state index in [-0.39, 0.29) is 5.91 Å². The van der Waals surface area contributed by atoms with Crippen molar-refractivity contribution in [3.05, 3.63) is 0 Å². The van der Waals surface area contributed by atoms with E-state index in [0.29, 0.717) is 6.04 Å². The minimum absolute atomic E-state index is 0.202. The summed E-state index contributed by atoms with van der Waals surface area (Å²) in [6, 6.07) is 0.534. The van der Waals surface area contributed by atoms with Gasteiger partial charge in [-0.05, 0) is 19.4 Å². The number of hydrogen-bond donors (Lipinski definition) is 1. The predicted molar refractivity (Wildman–Crippen MR) is 64.9 cm³/mol. The molecule has 0 heterocycles. The van der Waals surface area contributed by atoms with E-state index in [2.05, 4.69) is 26.1 Å². The van der Waals surface area contributed by atoms with Crippen molar-refractivity contribution in [1.82, 2.24) is 10.2 Å². The van der Waals surface area contributed by atoms with Crippen LogP contribution in [0.3, 0.4) is 0 Å². The van der Waals surface area contributed by atoms with Gasteiger partial charge < -0.3 is 10.2 Å². The van der Waals surface area contributed by atoms with Gasteiger partial charge in [-0.25, -0.2) is 0 Å². The van der Waals surface area contributed by atoms with Gasteiger partial charge in [0.05, 0.1) is 0 Å². The lowest BCUT2D eigenvalue weighted by molar-refractivity contribution is -0.129. The SMILES string of the molecule is CCCCN(CCCNC(C)C)C(C)=O. The molecular formula is C12H26N2O. The Labute approximate surface area is 94.2 Å². The van der Waals surface area contributed by atoms with Crippen LogP contribution in [-0.2, 0) is 4.79 Å². The standard InChI is InChI=1S/C12H26N2O/c1-5-6-9-14(12(4)15)10-7-8-13-11(2)3/h11,13H,5-10H2,1-4H3. The number of amides is 1. The molecular weight excluding hydrogens is 188 g/mol. The van der Waals surface area contributed by atoms with Crippen LogP contribution in [0.4, 0.5) is 0 Å². The first-order valence-corrected chi connectivity index (χ1v) is 6.06. The van der Waals surface area contributed by atoms with Gasteiger partial charge in [-0.3, -0.25) is 4.79 Å². The molecule has 0 unspecified atom stereocenters. The molecule has 0 spiro atoms. The highest BCUT2D eigenvalue weighted by Crippen LogP contribution is 1.97. The summed E-state index contributed by atoms with van der Waals surface area (Å²) in [4.78, 5) is 13.2. The Kier molecular flexibility index (Phi) is 8.38. The first-order valence-electron chi connectivity index (χ1n) is 6.06. The molecule has 90 valence electrons. The molecule has 15 heavy (non-hydrogen) atoms. The van der Waals surface area contributed by atoms with Gasteiger partial charge in [-0.1, -0.05) is 27.2 Å². The summed E-state index contributed by atoms with van der Waals surface area (Å²) in [5.74, 6) is 0.202. The normalized spacial score (nSPS) is 10.7. The number of rotatable bonds is 8. The summed E-state index contributed by atoms with van der Waals surface area (Å²) in [5.41, 5.74) is 0. The van der Waals surface area contributed by atoms with Crippen molar-refractivity contribution in [2.24, 2.45) is 0 Å². The second-order valence-corrected chi connectivity index (χ2v) is 4.32. The van der Waals surface area contributed by atoms with Gasteiger partial charge in [0.25, 0.3) is 0 Å². The lowest BCUT2D eigenvalue weighted by Gasteiger charge is -2.21. The van der Waals surface area contributed by atoms with Crippen molar-refractivity contribution in [2.45, 2.75) is 53.0 Å². The Morgan fingerprint density at radius 1 is 1.27 bits per heavy atom. The topological polar surface area (TPSA) is 32.3 Å². The zero-order chi connectivity index (χ0) is 11.7. The number of carbonyl (C=O) groups is 1. The highest BCUT2D eigenvalue weighted by atomic mass is 16.2. The molecule has 0 fully saturated rings. The van der Waals surface area contributed by atoms with Crippen LogP contribution >= 0.6 is 0 Å². The monoisotopic (exact) mass is 214 g/mol. The van der Waals surface area contributed by atoms with Crippen LogP contribution in [0.25, 0.3) is 0 Å². The third-order valence-electron chi connectivity index (χ3n) is 2.38. The van der Waals surface area contributed by atoms with Gasteiger partial charge >= 0.3 is 0 Å². The molecule has 0 aliphatic heterocycles. The lowest BCUT2D eigenvalue weighted by atomic mass is 10.3. The zero-order valence-corrected chi connectivity index (χ0v) is 10.7. The van der Waals surface area contributed by atoms with Gasteiger partial charge in [0.1, 0.15) is 0 Å². The van der Waals surface area contributed by atoms with E-state index in [1.807, 2.05) is 4.90 Å². The lowest BCUT2D eigenvalue weighted by Crippen LogP contribution is -2.33. The maximum atomic E-state index is 11.3. The summed E-state index contributed by atoms with van der Waals surface area (Å²) < 4.78 is 0. The number of nitrogens with zero attached hydrogens (tertiary/aromatic N) is 1. The molecule has 1 amide bonds. The minimum atomic E-state index is 0.202. The van der Waals surface area contributed by atoms with Crippen molar-refractivity contribution in [2.75, 3.05) is 19.6 Å². The summed E-state index contributed by atoms with van der Waals surface area (Å²) >= 11 is 0. The average Bonchev–Trinajstić information content (AvgIpc) is 2.15. The summed E-state index contributed by atoms with van der Waals surface area (Å²) in [7, 11) is 0. The molecule has 3 nitrogen and oxygen atoms in total. The summed E-state index contributed by atoms with van der Waals surface area (Å²) in [6.45, 7) is 10.9. The third kappa shape index (κ3) is 8.43. The molecule has 0 aliphatic carbocycles. The highest BCUT2D eigenvalue weighted by molar-refractivity contribution is 5.73. The predicted octanol–water partition coefficient (Wildman–Crippen LogP) is 2.02. The molecule has 0 atom stereocenters. The van der Waals surface area contributed by atoms with Crippen LogP contribution in [0.2, 0.25) is 0 Å². The quantitative estimate of drug-likeness (QED) is 0.627. The van der Waals surface area contributed by atoms with Crippen LogP contribution in [-0.4, -0.2) is 36.5 Å². The van der Waals surface area contributed by atoms with E-state index in [9.17, 15) is 4.79 Å². The third-order valence-corrected chi connectivity index (χ3v) is 2.38. The molecule has 1 N–H and O–H groups in total. The first-order chi connectivity index (χ1) is 7.07. The maximum Gasteiger partial charge on any atom is 0.219 e. The molecule has 3 heteroatoms. The van der Waals surface area contributed by atoms with Crippen molar-refractivity contribution in [1.29, 1.82) is 0 Å². The number of hydrogen-bond acceptors (Lipinski definition) is 2. The molecule has 0 saturated heterocycles. The molecule has 0 saturated carbocycles. The van der Waals surface area contributed by atoms with Crippen molar-refractivity contribution in [3.63, 3.8) is 0 Å². The smallest absolute Gasteiger partial charge is 0.219 e. The van der Waals surface area contributed by atoms with Gasteiger partial charge in [0.2, 0.25) is 5.91 Å². The van der Waals surface area contributed by atoms with Crippen LogP contribution in [0, 0.1) is 0 Å². The Bertz CT molecular complexity index is 169. The van der Waals surface area contributed by atoms with E-state index in [0.717, 1.165) is 38.9 Å². The molecule has 0 bridgehead atoms. The number of carbonyl (C=O) groups excluding carboxylic acids is 1. The van der Waals surface area contributed by atoms with E-state index in [4.69, 9.17) is 0 Å². The van der Waals surface area contributed by atoms with E-state index < -0.39 is 0 Å². The fourth-order valence-corrected chi connectivity index (χ4v) is 1.44. The Hall–Kier alpha value is -0.570. The van der Waals surface area contributed by atoms with Gasteiger partial charge in [-0.2, -0.15) is 0 Å². The molecule has 0 radical (unpaired) electrons. The van der Waals surface area contributed by atoms with Gasteiger partial charge in [0.15, 0.2) is 0 Å². The van der Waals surface area contributed by atoms with E-state index in [1.54, 1.807) is 6.92 Å². The van der Waals surface area contributed by atoms with Crippen LogP contribution in [0.1, 0.15) is 47.0 Å². The summed E-state index contributed by atoms with van der Waals surface area (Å²) in [5, 5.41) is 3.36. The summed E-state index contributed by atoms with van der Waals surface area (Å²) in [6.07, 6.45) is 3.30. The zero-order valence-electron chi connectivity index (χ0n) is 10.7. The molecule has 0 aromatic carbocycles. The fraction of sp³-hybridized carbons (Fsp3) is 0.917. The largest absolute Gasteiger partial charge is 0.343 e. The average molecular weight is 214 g/mol. The van der Waals surface area contributed by atoms with Gasteiger partial charge in [0, 0.05) is 26.1 Å². The Balaban J connectivity index is 3.62. The van der Waals surface area contributed by atoms with Crippen LogP contribution < -0.4 is 5.32 Å². The maximum absolute atomic E-state index is 11.3. The second kappa shape index (κ2) is 8.72. The van der Waals surface area contributed by atoms with Crippen molar-refractivity contribution < 1.29 is 4.79 Å². The van der Waals surface area contributed by atoms with Gasteiger partial charge in [-0.15, -0.1) is 0 Å². The fourth-order valence-electron chi connectivity index (χ4n) is 1.44. The molecule has 0 rings (SSSR count). The number of nitrogens with one attached hydrogen (secondary N) is 1. The van der Waals surface area contributed by atoms with Crippen molar-refractivity contribution in [3.8, 4) is 0 Å². The molecule has 0 aromatic rings. The minimum Gasteiger partial charge on any atom is -0.343 e. The second-order valence-electron chi connectivity index (χ2n) is 4.32. The first kappa shape index (κ1) is 14.4. The number of unbranched alkanes of at least 4 members (excludes halogenated alkanes) is 1. The van der Waals surface area contributed by atoms with E-state index in [1.165, 1.54) is 0 Å². The Morgan fingerprint density at radius 2 is 1.87 bits per heavy atom. The van der Waals surface area contributed by atoms with Crippen molar-refractivity contribution >= 4 is 5.91 Å². The Morgan fingerprint density at radius 3 is 2.33 bits per heavy atom. The van der Waals surface area contributed by atoms with Crippen LogP contribution in [0.15, 0.2) is 0 Å². The molecule has 0 aliphatic rings. The van der Waals surface area contributed by atoms with E-state index >= 15 is 0 Å². The van der Waals surface area contributed by atoms with Crippen LogP contribution in [0.5, 0.6) is 0 Å².